The van der Waals surface area contributed by atoms with Crippen LogP contribution in [0.25, 0.3) is 0 Å². The van der Waals surface area contributed by atoms with Gasteiger partial charge in [-0.15, -0.1) is 0 Å². The minimum Gasteiger partial charge on any atom is -0.381 e. The molecule has 0 saturated carbocycles. The Hall–Kier alpha value is -0.860. The quantitative estimate of drug-likeness (QED) is 0.861. The van der Waals surface area contributed by atoms with Gasteiger partial charge in [0.25, 0.3) is 0 Å². The van der Waals surface area contributed by atoms with Crippen LogP contribution in [-0.4, -0.2) is 19.8 Å². The largest absolute Gasteiger partial charge is 0.381 e. The highest BCUT2D eigenvalue weighted by Crippen LogP contribution is 2.20. The van der Waals surface area contributed by atoms with E-state index in [1.807, 2.05) is 0 Å². The first kappa shape index (κ1) is 13.6. The summed E-state index contributed by atoms with van der Waals surface area (Å²) < 4.78 is 5.41. The maximum atomic E-state index is 5.41. The van der Waals surface area contributed by atoms with E-state index in [9.17, 15) is 0 Å². The third-order valence-corrected chi connectivity index (χ3v) is 3.93. The Kier molecular flexibility index (Phi) is 4.79. The van der Waals surface area contributed by atoms with Crippen LogP contribution in [0.1, 0.15) is 42.5 Å². The van der Waals surface area contributed by atoms with Crippen molar-refractivity contribution in [2.75, 3.05) is 19.8 Å². The van der Waals surface area contributed by atoms with Crippen LogP contribution in [0, 0.1) is 19.8 Å². The molecular formula is C16H25NO. The Morgan fingerprint density at radius 3 is 2.94 bits per heavy atom. The van der Waals surface area contributed by atoms with E-state index < -0.39 is 0 Å². The number of rotatable bonds is 5. The number of nitrogens with one attached hydrogen (secondary N) is 1. The van der Waals surface area contributed by atoms with Gasteiger partial charge in [-0.2, -0.15) is 0 Å². The van der Waals surface area contributed by atoms with E-state index in [1.165, 1.54) is 29.5 Å². The minimum absolute atomic E-state index is 0.437. The highest BCUT2D eigenvalue weighted by molar-refractivity contribution is 5.32. The Morgan fingerprint density at radius 1 is 1.39 bits per heavy atom. The topological polar surface area (TPSA) is 21.3 Å². The Labute approximate surface area is 111 Å². The number of aryl methyl sites for hydroxylation is 2. The van der Waals surface area contributed by atoms with E-state index in [0.29, 0.717) is 6.04 Å². The van der Waals surface area contributed by atoms with Crippen LogP contribution >= 0.6 is 0 Å². The van der Waals surface area contributed by atoms with E-state index in [4.69, 9.17) is 4.74 Å². The second-order valence-electron chi connectivity index (χ2n) is 5.55. The van der Waals surface area contributed by atoms with E-state index in [1.54, 1.807) is 0 Å². The summed E-state index contributed by atoms with van der Waals surface area (Å²) in [6.45, 7) is 9.61. The number of hydrogen-bond acceptors (Lipinski definition) is 2. The third-order valence-electron chi connectivity index (χ3n) is 3.93. The molecule has 1 heterocycles. The molecule has 1 aromatic rings. The fourth-order valence-electron chi connectivity index (χ4n) is 2.65. The van der Waals surface area contributed by atoms with Crippen molar-refractivity contribution < 1.29 is 4.74 Å². The maximum Gasteiger partial charge on any atom is 0.0495 e. The van der Waals surface area contributed by atoms with Crippen LogP contribution < -0.4 is 5.32 Å². The van der Waals surface area contributed by atoms with E-state index in [0.717, 1.165) is 25.7 Å². The molecule has 0 amide bonds. The lowest BCUT2D eigenvalue weighted by atomic mass is 9.99. The molecule has 2 unspecified atom stereocenters. The summed E-state index contributed by atoms with van der Waals surface area (Å²) >= 11 is 0. The standard InChI is InChI=1S/C16H25NO/c1-12-4-5-13(2)16(10-12)14(3)17-8-6-15-7-9-18-11-15/h4-5,10,14-15,17H,6-9,11H2,1-3H3. The normalized spacial score (nSPS) is 21.2. The number of benzene rings is 1. The fourth-order valence-corrected chi connectivity index (χ4v) is 2.65. The number of ether oxygens (including phenoxy) is 1. The lowest BCUT2D eigenvalue weighted by Gasteiger charge is -2.18. The average molecular weight is 247 g/mol. The van der Waals surface area contributed by atoms with Crippen LogP contribution in [0.2, 0.25) is 0 Å². The molecule has 0 aromatic heterocycles. The van der Waals surface area contributed by atoms with Crippen LogP contribution in [0.15, 0.2) is 18.2 Å². The molecule has 2 nitrogen and oxygen atoms in total. The lowest BCUT2D eigenvalue weighted by Crippen LogP contribution is -2.22. The zero-order chi connectivity index (χ0) is 13.0. The Balaban J connectivity index is 1.83. The molecule has 1 aliphatic rings. The first-order valence-corrected chi connectivity index (χ1v) is 7.05. The van der Waals surface area contributed by atoms with Gasteiger partial charge in [0.15, 0.2) is 0 Å². The van der Waals surface area contributed by atoms with Crippen molar-refractivity contribution in [3.63, 3.8) is 0 Å². The molecule has 0 radical (unpaired) electrons. The van der Waals surface area contributed by atoms with Gasteiger partial charge in [0.05, 0.1) is 0 Å². The Morgan fingerprint density at radius 2 is 2.22 bits per heavy atom. The monoisotopic (exact) mass is 247 g/mol. The van der Waals surface area contributed by atoms with Crippen molar-refractivity contribution in [3.05, 3.63) is 34.9 Å². The van der Waals surface area contributed by atoms with Gasteiger partial charge in [0.1, 0.15) is 0 Å². The fraction of sp³-hybridized carbons (Fsp3) is 0.625. The smallest absolute Gasteiger partial charge is 0.0495 e. The van der Waals surface area contributed by atoms with Crippen LogP contribution in [0.4, 0.5) is 0 Å². The molecule has 1 saturated heterocycles. The summed E-state index contributed by atoms with van der Waals surface area (Å²) in [7, 11) is 0. The van der Waals surface area contributed by atoms with Crippen LogP contribution in [0.3, 0.4) is 0 Å². The van der Waals surface area contributed by atoms with Crippen molar-refractivity contribution in [2.24, 2.45) is 5.92 Å². The molecule has 0 spiro atoms. The summed E-state index contributed by atoms with van der Waals surface area (Å²) in [4.78, 5) is 0. The molecule has 100 valence electrons. The van der Waals surface area contributed by atoms with Crippen molar-refractivity contribution >= 4 is 0 Å². The van der Waals surface area contributed by atoms with Gasteiger partial charge < -0.3 is 10.1 Å². The summed E-state index contributed by atoms with van der Waals surface area (Å²) in [6, 6.07) is 7.13. The lowest BCUT2D eigenvalue weighted by molar-refractivity contribution is 0.184. The van der Waals surface area contributed by atoms with Gasteiger partial charge in [-0.05, 0) is 57.2 Å². The van der Waals surface area contributed by atoms with Crippen LogP contribution in [-0.2, 0) is 4.74 Å². The zero-order valence-electron chi connectivity index (χ0n) is 11.8. The highest BCUT2D eigenvalue weighted by Gasteiger charge is 2.15. The van der Waals surface area contributed by atoms with Crippen molar-refractivity contribution in [2.45, 2.75) is 39.7 Å². The summed E-state index contributed by atoms with van der Waals surface area (Å²) in [6.07, 6.45) is 2.47. The van der Waals surface area contributed by atoms with Gasteiger partial charge in [0.2, 0.25) is 0 Å². The second-order valence-corrected chi connectivity index (χ2v) is 5.55. The first-order valence-electron chi connectivity index (χ1n) is 7.05. The van der Waals surface area contributed by atoms with Crippen LogP contribution in [0.5, 0.6) is 0 Å². The molecule has 1 N–H and O–H groups in total. The van der Waals surface area contributed by atoms with Crippen molar-refractivity contribution in [3.8, 4) is 0 Å². The predicted molar refractivity (Wildman–Crippen MR) is 75.9 cm³/mol. The molecule has 1 aliphatic heterocycles. The second kappa shape index (κ2) is 6.35. The molecule has 1 fully saturated rings. The van der Waals surface area contributed by atoms with E-state index in [-0.39, 0.29) is 0 Å². The van der Waals surface area contributed by atoms with Gasteiger partial charge in [-0.1, -0.05) is 23.8 Å². The summed E-state index contributed by atoms with van der Waals surface area (Å²) in [5, 5.41) is 3.64. The SMILES string of the molecule is Cc1ccc(C)c(C(C)NCCC2CCOC2)c1. The molecule has 2 heteroatoms. The molecule has 2 atom stereocenters. The third kappa shape index (κ3) is 3.56. The minimum atomic E-state index is 0.437. The maximum absolute atomic E-state index is 5.41. The highest BCUT2D eigenvalue weighted by atomic mass is 16.5. The van der Waals surface area contributed by atoms with Crippen molar-refractivity contribution in [1.82, 2.24) is 5.32 Å². The molecule has 18 heavy (non-hydrogen) atoms. The van der Waals surface area contributed by atoms with Gasteiger partial charge in [-0.3, -0.25) is 0 Å². The molecular weight excluding hydrogens is 222 g/mol. The van der Waals surface area contributed by atoms with Gasteiger partial charge in [-0.25, -0.2) is 0 Å². The first-order chi connectivity index (χ1) is 8.66. The summed E-state index contributed by atoms with van der Waals surface area (Å²) in [5.74, 6) is 0.767. The summed E-state index contributed by atoms with van der Waals surface area (Å²) in [5.41, 5.74) is 4.15. The molecule has 1 aromatic carbocycles. The van der Waals surface area contributed by atoms with Gasteiger partial charge >= 0.3 is 0 Å². The van der Waals surface area contributed by atoms with Gasteiger partial charge in [0, 0.05) is 19.3 Å². The predicted octanol–water partition coefficient (Wildman–Crippen LogP) is 3.38. The molecule has 0 aliphatic carbocycles. The molecule has 2 rings (SSSR count). The van der Waals surface area contributed by atoms with Crippen molar-refractivity contribution in [1.29, 1.82) is 0 Å². The Bertz CT molecular complexity index is 383. The zero-order valence-corrected chi connectivity index (χ0v) is 11.8. The van der Waals surface area contributed by atoms with E-state index in [2.05, 4.69) is 44.3 Å². The average Bonchev–Trinajstić information content (AvgIpc) is 2.85. The van der Waals surface area contributed by atoms with E-state index >= 15 is 0 Å². The number of hydrogen-bond donors (Lipinski definition) is 1. The molecule has 0 bridgehead atoms.